The van der Waals surface area contributed by atoms with Gasteiger partial charge in [0, 0.05) is 6.07 Å². The third kappa shape index (κ3) is 2.56. The first kappa shape index (κ1) is 11.5. The second-order valence-electron chi connectivity index (χ2n) is 3.43. The normalized spacial score (nSPS) is 11.4. The lowest BCUT2D eigenvalue weighted by Gasteiger charge is -2.04. The number of hydrogen-bond acceptors (Lipinski definition) is 5. The molecule has 0 aliphatic carbocycles. The zero-order valence-electron chi connectivity index (χ0n) is 8.91. The van der Waals surface area contributed by atoms with Gasteiger partial charge < -0.3 is 9.63 Å². The minimum Gasteiger partial charge on any atom is -0.508 e. The van der Waals surface area contributed by atoms with Gasteiger partial charge in [-0.05, 0) is 31.2 Å². The molecule has 90 valence electrons. The van der Waals surface area contributed by atoms with E-state index in [4.69, 9.17) is 9.63 Å². The number of aromatic nitrogens is 1. The van der Waals surface area contributed by atoms with E-state index in [9.17, 15) is 8.42 Å². The summed E-state index contributed by atoms with van der Waals surface area (Å²) in [5, 5.41) is 12.6. The number of phenols is 1. The Morgan fingerprint density at radius 1 is 1.29 bits per heavy atom. The van der Waals surface area contributed by atoms with Crippen LogP contribution in [0.1, 0.15) is 5.69 Å². The molecule has 2 aromatic rings. The quantitative estimate of drug-likeness (QED) is 0.865. The number of nitrogens with zero attached hydrogens (tertiary/aromatic N) is 1. The van der Waals surface area contributed by atoms with Gasteiger partial charge in [0.1, 0.15) is 5.75 Å². The van der Waals surface area contributed by atoms with Crippen LogP contribution in [-0.4, -0.2) is 18.7 Å². The second kappa shape index (κ2) is 4.10. The largest absolute Gasteiger partial charge is 0.508 e. The zero-order valence-corrected chi connectivity index (χ0v) is 9.73. The summed E-state index contributed by atoms with van der Waals surface area (Å²) in [4.78, 5) is 0.0318. The van der Waals surface area contributed by atoms with Crippen molar-refractivity contribution in [2.75, 3.05) is 4.72 Å². The maximum atomic E-state index is 11.8. The number of anilines is 1. The summed E-state index contributed by atoms with van der Waals surface area (Å²) in [7, 11) is -3.71. The number of sulfonamides is 1. The molecule has 0 unspecified atom stereocenters. The Labute approximate surface area is 97.9 Å². The van der Waals surface area contributed by atoms with Crippen molar-refractivity contribution in [1.29, 1.82) is 0 Å². The van der Waals surface area contributed by atoms with E-state index in [0.29, 0.717) is 5.69 Å². The van der Waals surface area contributed by atoms with Gasteiger partial charge in [-0.1, -0.05) is 5.16 Å². The van der Waals surface area contributed by atoms with E-state index in [0.717, 1.165) is 0 Å². The molecule has 0 saturated carbocycles. The maximum Gasteiger partial charge on any atom is 0.264 e. The molecule has 0 saturated heterocycles. The molecule has 2 rings (SSSR count). The highest BCUT2D eigenvalue weighted by Gasteiger charge is 2.16. The van der Waals surface area contributed by atoms with Crippen molar-refractivity contribution in [3.8, 4) is 5.75 Å². The lowest BCUT2D eigenvalue weighted by molar-refractivity contribution is 0.430. The predicted molar refractivity (Wildman–Crippen MR) is 60.2 cm³/mol. The first-order valence-electron chi connectivity index (χ1n) is 4.72. The molecule has 6 nitrogen and oxygen atoms in total. The van der Waals surface area contributed by atoms with Crippen LogP contribution < -0.4 is 4.72 Å². The van der Waals surface area contributed by atoms with Crippen LogP contribution in [0.5, 0.6) is 5.75 Å². The van der Waals surface area contributed by atoms with Crippen molar-refractivity contribution in [2.24, 2.45) is 0 Å². The molecule has 1 aromatic heterocycles. The molecular weight excluding hydrogens is 244 g/mol. The van der Waals surface area contributed by atoms with Gasteiger partial charge in [-0.3, -0.25) is 0 Å². The minimum absolute atomic E-state index is 0.000500. The number of rotatable bonds is 3. The van der Waals surface area contributed by atoms with Crippen molar-refractivity contribution >= 4 is 15.9 Å². The van der Waals surface area contributed by atoms with Gasteiger partial charge in [-0.15, -0.1) is 0 Å². The Bertz CT molecular complexity index is 616. The van der Waals surface area contributed by atoms with Crippen molar-refractivity contribution < 1.29 is 18.0 Å². The van der Waals surface area contributed by atoms with E-state index >= 15 is 0 Å². The highest BCUT2D eigenvalue weighted by molar-refractivity contribution is 7.92. The maximum absolute atomic E-state index is 11.8. The first-order chi connectivity index (χ1) is 7.97. The zero-order chi connectivity index (χ0) is 12.5. The summed E-state index contributed by atoms with van der Waals surface area (Å²) in [6.07, 6.45) is 0. The summed E-state index contributed by atoms with van der Waals surface area (Å²) >= 11 is 0. The SMILES string of the molecule is Cc1cc(NS(=O)(=O)c2ccc(O)cc2)on1. The highest BCUT2D eigenvalue weighted by Crippen LogP contribution is 2.18. The average Bonchev–Trinajstić information content (AvgIpc) is 2.63. The molecule has 1 heterocycles. The first-order valence-corrected chi connectivity index (χ1v) is 6.21. The van der Waals surface area contributed by atoms with Crippen LogP contribution in [0.4, 0.5) is 5.88 Å². The van der Waals surface area contributed by atoms with E-state index in [1.54, 1.807) is 6.92 Å². The summed E-state index contributed by atoms with van der Waals surface area (Å²) < 4.78 is 30.7. The van der Waals surface area contributed by atoms with Crippen LogP contribution in [0.25, 0.3) is 0 Å². The van der Waals surface area contributed by atoms with Gasteiger partial charge in [-0.2, -0.15) is 0 Å². The van der Waals surface area contributed by atoms with Crippen molar-refractivity contribution in [3.63, 3.8) is 0 Å². The van der Waals surface area contributed by atoms with Gasteiger partial charge in [0.05, 0.1) is 10.6 Å². The van der Waals surface area contributed by atoms with Gasteiger partial charge >= 0.3 is 0 Å². The molecule has 0 fully saturated rings. The van der Waals surface area contributed by atoms with Crippen LogP contribution in [-0.2, 0) is 10.0 Å². The molecule has 7 heteroatoms. The van der Waals surface area contributed by atoms with E-state index in [-0.39, 0.29) is 16.5 Å². The topological polar surface area (TPSA) is 92.4 Å². The van der Waals surface area contributed by atoms with Crippen LogP contribution in [0, 0.1) is 6.92 Å². The van der Waals surface area contributed by atoms with Crippen LogP contribution >= 0.6 is 0 Å². The molecule has 0 bridgehead atoms. The van der Waals surface area contributed by atoms with Gasteiger partial charge in [0.2, 0.25) is 5.88 Å². The molecule has 1 aromatic carbocycles. The van der Waals surface area contributed by atoms with Gasteiger partial charge in [0.25, 0.3) is 10.0 Å². The molecule has 0 atom stereocenters. The third-order valence-electron chi connectivity index (χ3n) is 2.01. The Hall–Kier alpha value is -2.02. The van der Waals surface area contributed by atoms with Crippen molar-refractivity contribution in [3.05, 3.63) is 36.0 Å². The monoisotopic (exact) mass is 254 g/mol. The average molecular weight is 254 g/mol. The Kier molecular flexibility index (Phi) is 2.76. The number of aromatic hydroxyl groups is 1. The predicted octanol–water partition coefficient (Wildman–Crippen LogP) is 1.49. The third-order valence-corrected chi connectivity index (χ3v) is 3.37. The number of benzene rings is 1. The molecule has 0 radical (unpaired) electrons. The Morgan fingerprint density at radius 2 is 1.94 bits per heavy atom. The fourth-order valence-electron chi connectivity index (χ4n) is 1.23. The second-order valence-corrected chi connectivity index (χ2v) is 5.11. The highest BCUT2D eigenvalue weighted by atomic mass is 32.2. The number of hydrogen-bond donors (Lipinski definition) is 2. The number of phenolic OH excluding ortho intramolecular Hbond substituents is 1. The molecule has 0 aliphatic heterocycles. The number of aryl methyl sites for hydroxylation is 1. The van der Waals surface area contributed by atoms with Crippen LogP contribution in [0.15, 0.2) is 39.8 Å². The van der Waals surface area contributed by atoms with Crippen molar-refractivity contribution in [1.82, 2.24) is 5.16 Å². The van der Waals surface area contributed by atoms with E-state index in [2.05, 4.69) is 9.88 Å². The molecule has 0 amide bonds. The summed E-state index contributed by atoms with van der Waals surface area (Å²) in [5.74, 6) is 0.0510. The van der Waals surface area contributed by atoms with Crippen molar-refractivity contribution in [2.45, 2.75) is 11.8 Å². The molecule has 17 heavy (non-hydrogen) atoms. The molecule has 0 spiro atoms. The molecule has 2 N–H and O–H groups in total. The van der Waals surface area contributed by atoms with E-state index in [1.807, 2.05) is 0 Å². The van der Waals surface area contributed by atoms with Crippen LogP contribution in [0.3, 0.4) is 0 Å². The lowest BCUT2D eigenvalue weighted by Crippen LogP contribution is -2.12. The Balaban J connectivity index is 2.28. The smallest absolute Gasteiger partial charge is 0.264 e. The minimum atomic E-state index is -3.71. The number of nitrogens with one attached hydrogen (secondary N) is 1. The Morgan fingerprint density at radius 3 is 2.47 bits per heavy atom. The standard InChI is InChI=1S/C10H10N2O4S/c1-7-6-10(16-11-7)12-17(14,15)9-4-2-8(13)3-5-9/h2-6,12-13H,1H3. The van der Waals surface area contributed by atoms with Gasteiger partial charge in [-0.25, -0.2) is 13.1 Å². The fourth-order valence-corrected chi connectivity index (χ4v) is 2.20. The van der Waals surface area contributed by atoms with Gasteiger partial charge in [0.15, 0.2) is 0 Å². The molecule has 0 aliphatic rings. The fraction of sp³-hybridized carbons (Fsp3) is 0.100. The summed E-state index contributed by atoms with van der Waals surface area (Å²) in [6, 6.07) is 6.64. The lowest BCUT2D eigenvalue weighted by atomic mass is 10.3. The van der Waals surface area contributed by atoms with E-state index in [1.165, 1.54) is 30.3 Å². The van der Waals surface area contributed by atoms with E-state index < -0.39 is 10.0 Å². The summed E-state index contributed by atoms with van der Waals surface area (Å²) in [6.45, 7) is 1.68. The molecular formula is C10H10N2O4S. The van der Waals surface area contributed by atoms with Crippen LogP contribution in [0.2, 0.25) is 0 Å². The summed E-state index contributed by atoms with van der Waals surface area (Å²) in [5.41, 5.74) is 0.577.